The smallest absolute Gasteiger partial charge is 0.123 e. The number of methoxy groups -OCH3 is 1. The Bertz CT molecular complexity index is 395. The van der Waals surface area contributed by atoms with Gasteiger partial charge in [0.15, 0.2) is 0 Å². The third kappa shape index (κ3) is 2.80. The summed E-state index contributed by atoms with van der Waals surface area (Å²) in [4.78, 5) is 0. The van der Waals surface area contributed by atoms with E-state index in [9.17, 15) is 4.39 Å². The molecule has 0 aliphatic carbocycles. The van der Waals surface area contributed by atoms with Crippen LogP contribution >= 0.6 is 0 Å². The van der Waals surface area contributed by atoms with Crippen molar-refractivity contribution in [1.82, 2.24) is 5.43 Å². The molecule has 2 atom stereocenters. The summed E-state index contributed by atoms with van der Waals surface area (Å²) in [6.45, 7) is 0.723. The first-order valence-corrected chi connectivity index (χ1v) is 6.17. The van der Waals surface area contributed by atoms with Gasteiger partial charge in [-0.25, -0.2) is 4.39 Å². The van der Waals surface area contributed by atoms with Crippen LogP contribution < -0.4 is 16.0 Å². The highest BCUT2D eigenvalue weighted by atomic mass is 19.1. The molecule has 0 aromatic heterocycles. The Morgan fingerprint density at radius 1 is 1.50 bits per heavy atom. The third-order valence-electron chi connectivity index (χ3n) is 3.29. The zero-order valence-electron chi connectivity index (χ0n) is 10.5. The third-order valence-corrected chi connectivity index (χ3v) is 3.29. The van der Waals surface area contributed by atoms with Crippen LogP contribution in [0, 0.1) is 5.82 Å². The molecule has 1 fully saturated rings. The zero-order chi connectivity index (χ0) is 13.0. The van der Waals surface area contributed by atoms with E-state index >= 15 is 0 Å². The lowest BCUT2D eigenvalue weighted by Crippen LogP contribution is -2.39. The molecule has 1 aromatic rings. The van der Waals surface area contributed by atoms with E-state index in [4.69, 9.17) is 15.3 Å². The largest absolute Gasteiger partial charge is 0.496 e. The average molecular weight is 254 g/mol. The van der Waals surface area contributed by atoms with E-state index in [-0.39, 0.29) is 18.0 Å². The number of nitrogens with two attached hydrogens (primary N) is 1. The van der Waals surface area contributed by atoms with Crippen molar-refractivity contribution < 1.29 is 13.9 Å². The first-order valence-electron chi connectivity index (χ1n) is 6.17. The molecule has 5 heteroatoms. The van der Waals surface area contributed by atoms with Gasteiger partial charge in [0.1, 0.15) is 11.6 Å². The molecular weight excluding hydrogens is 235 g/mol. The Morgan fingerprint density at radius 2 is 2.33 bits per heavy atom. The van der Waals surface area contributed by atoms with E-state index in [1.165, 1.54) is 12.1 Å². The molecule has 1 heterocycles. The zero-order valence-corrected chi connectivity index (χ0v) is 10.5. The van der Waals surface area contributed by atoms with Gasteiger partial charge in [0.05, 0.1) is 19.3 Å². The van der Waals surface area contributed by atoms with Crippen molar-refractivity contribution in [2.24, 2.45) is 5.84 Å². The number of hydrogen-bond acceptors (Lipinski definition) is 4. The molecule has 0 amide bonds. The van der Waals surface area contributed by atoms with Crippen LogP contribution in [0.2, 0.25) is 0 Å². The topological polar surface area (TPSA) is 56.5 Å². The Hall–Kier alpha value is -1.17. The van der Waals surface area contributed by atoms with Crippen LogP contribution in [0.1, 0.15) is 30.9 Å². The van der Waals surface area contributed by atoms with E-state index in [0.717, 1.165) is 25.9 Å². The molecule has 1 saturated heterocycles. The number of rotatable bonds is 4. The van der Waals surface area contributed by atoms with Gasteiger partial charge in [0.25, 0.3) is 0 Å². The normalized spacial score (nSPS) is 21.6. The summed E-state index contributed by atoms with van der Waals surface area (Å²) in [6, 6.07) is 4.17. The molecule has 2 unspecified atom stereocenters. The summed E-state index contributed by atoms with van der Waals surface area (Å²) in [5.74, 6) is 5.92. The predicted octanol–water partition coefficient (Wildman–Crippen LogP) is 1.91. The first-order chi connectivity index (χ1) is 8.76. The van der Waals surface area contributed by atoms with Crippen LogP contribution in [0.25, 0.3) is 0 Å². The van der Waals surface area contributed by atoms with Crippen molar-refractivity contribution in [2.45, 2.75) is 31.4 Å². The van der Waals surface area contributed by atoms with Crippen molar-refractivity contribution in [2.75, 3.05) is 13.7 Å². The molecule has 3 N–H and O–H groups in total. The molecule has 1 aromatic carbocycles. The van der Waals surface area contributed by atoms with Gasteiger partial charge < -0.3 is 9.47 Å². The van der Waals surface area contributed by atoms with Gasteiger partial charge in [-0.3, -0.25) is 11.3 Å². The van der Waals surface area contributed by atoms with Crippen LogP contribution in [-0.4, -0.2) is 19.8 Å². The van der Waals surface area contributed by atoms with Gasteiger partial charge >= 0.3 is 0 Å². The fourth-order valence-corrected chi connectivity index (χ4v) is 2.37. The second-order valence-electron chi connectivity index (χ2n) is 4.44. The van der Waals surface area contributed by atoms with Crippen LogP contribution in [0.5, 0.6) is 5.75 Å². The molecule has 4 nitrogen and oxygen atoms in total. The van der Waals surface area contributed by atoms with Crippen molar-refractivity contribution >= 4 is 0 Å². The Morgan fingerprint density at radius 3 is 2.94 bits per heavy atom. The number of ether oxygens (including phenoxy) is 2. The summed E-state index contributed by atoms with van der Waals surface area (Å²) in [5, 5.41) is 0. The SMILES string of the molecule is COc1ccc(F)cc1C(NN)C1CCCCO1. The fourth-order valence-electron chi connectivity index (χ4n) is 2.37. The van der Waals surface area contributed by atoms with E-state index in [1.807, 2.05) is 0 Å². The molecule has 0 radical (unpaired) electrons. The maximum atomic E-state index is 13.4. The number of halogens is 1. The minimum absolute atomic E-state index is 0.0422. The predicted molar refractivity (Wildman–Crippen MR) is 66.6 cm³/mol. The molecule has 100 valence electrons. The van der Waals surface area contributed by atoms with Crippen LogP contribution in [0.15, 0.2) is 18.2 Å². The monoisotopic (exact) mass is 254 g/mol. The maximum Gasteiger partial charge on any atom is 0.123 e. The molecule has 0 spiro atoms. The van der Waals surface area contributed by atoms with E-state index in [2.05, 4.69) is 5.43 Å². The van der Waals surface area contributed by atoms with Crippen molar-refractivity contribution in [3.05, 3.63) is 29.6 Å². The fraction of sp³-hybridized carbons (Fsp3) is 0.538. The first kappa shape index (κ1) is 13.3. The van der Waals surface area contributed by atoms with Crippen LogP contribution in [-0.2, 0) is 4.74 Å². The number of nitrogens with one attached hydrogen (secondary N) is 1. The van der Waals surface area contributed by atoms with Gasteiger partial charge in [0.2, 0.25) is 0 Å². The Kier molecular flexibility index (Phi) is 4.52. The number of hydrogen-bond donors (Lipinski definition) is 2. The highest BCUT2D eigenvalue weighted by Gasteiger charge is 2.27. The van der Waals surface area contributed by atoms with E-state index < -0.39 is 0 Å². The van der Waals surface area contributed by atoms with Crippen LogP contribution in [0.4, 0.5) is 4.39 Å². The average Bonchev–Trinajstić information content (AvgIpc) is 2.41. The molecule has 0 bridgehead atoms. The summed E-state index contributed by atoms with van der Waals surface area (Å²) in [7, 11) is 1.56. The summed E-state index contributed by atoms with van der Waals surface area (Å²) in [6.07, 6.45) is 3.03. The molecule has 0 saturated carbocycles. The van der Waals surface area contributed by atoms with E-state index in [0.29, 0.717) is 11.3 Å². The molecule has 1 aliphatic heterocycles. The molecular formula is C13H19FN2O2. The second kappa shape index (κ2) is 6.13. The van der Waals surface area contributed by atoms with Gasteiger partial charge in [-0.15, -0.1) is 0 Å². The van der Waals surface area contributed by atoms with Gasteiger partial charge in [-0.2, -0.15) is 0 Å². The Balaban J connectivity index is 2.27. The van der Waals surface area contributed by atoms with Crippen molar-refractivity contribution in [3.63, 3.8) is 0 Å². The number of hydrazine groups is 1. The highest BCUT2D eigenvalue weighted by Crippen LogP contribution is 2.32. The standard InChI is InChI=1S/C13H19FN2O2/c1-17-11-6-5-9(14)8-10(11)13(16-15)12-4-2-3-7-18-12/h5-6,8,12-13,16H,2-4,7,15H2,1H3. The van der Waals surface area contributed by atoms with Gasteiger partial charge in [-0.05, 0) is 37.5 Å². The summed E-state index contributed by atoms with van der Waals surface area (Å²) >= 11 is 0. The van der Waals surface area contributed by atoms with E-state index in [1.54, 1.807) is 13.2 Å². The van der Waals surface area contributed by atoms with Crippen LogP contribution in [0.3, 0.4) is 0 Å². The lowest BCUT2D eigenvalue weighted by atomic mass is 9.95. The van der Waals surface area contributed by atoms with Crippen molar-refractivity contribution in [1.29, 1.82) is 0 Å². The van der Waals surface area contributed by atoms with Gasteiger partial charge in [-0.1, -0.05) is 0 Å². The summed E-state index contributed by atoms with van der Waals surface area (Å²) < 4.78 is 24.3. The Labute approximate surface area is 106 Å². The molecule has 1 aliphatic rings. The molecule has 2 rings (SSSR count). The quantitative estimate of drug-likeness (QED) is 0.636. The molecule has 18 heavy (non-hydrogen) atoms. The second-order valence-corrected chi connectivity index (χ2v) is 4.44. The lowest BCUT2D eigenvalue weighted by Gasteiger charge is -2.31. The number of benzene rings is 1. The minimum atomic E-state index is -0.304. The van der Waals surface area contributed by atoms with Crippen molar-refractivity contribution in [3.8, 4) is 5.75 Å². The minimum Gasteiger partial charge on any atom is -0.496 e. The summed E-state index contributed by atoms with van der Waals surface area (Å²) in [5.41, 5.74) is 3.42. The highest BCUT2D eigenvalue weighted by molar-refractivity contribution is 5.37. The van der Waals surface area contributed by atoms with Gasteiger partial charge in [0, 0.05) is 12.2 Å². The lowest BCUT2D eigenvalue weighted by molar-refractivity contribution is -0.00871. The maximum absolute atomic E-state index is 13.4.